The van der Waals surface area contributed by atoms with Crippen LogP contribution in [0.15, 0.2) is 36.8 Å². The van der Waals surface area contributed by atoms with Gasteiger partial charge in [0.15, 0.2) is 0 Å². The molecular formula is C14H17N5. The van der Waals surface area contributed by atoms with Crippen molar-refractivity contribution < 1.29 is 0 Å². The third-order valence-corrected chi connectivity index (χ3v) is 3.29. The summed E-state index contributed by atoms with van der Waals surface area (Å²) >= 11 is 0. The van der Waals surface area contributed by atoms with Crippen LogP contribution in [0.25, 0.3) is 0 Å². The molecule has 2 aromatic rings. The zero-order valence-electron chi connectivity index (χ0n) is 10.7. The molecule has 98 valence electrons. The molecule has 1 atom stereocenters. The first-order chi connectivity index (χ1) is 9.42. The average molecular weight is 255 g/mol. The SMILES string of the molecule is c1ccc(Nc2cncc(C3CCCNC3)n2)nc1. The van der Waals surface area contributed by atoms with Gasteiger partial charge >= 0.3 is 0 Å². The number of nitrogens with zero attached hydrogens (tertiary/aromatic N) is 3. The van der Waals surface area contributed by atoms with E-state index >= 15 is 0 Å². The summed E-state index contributed by atoms with van der Waals surface area (Å²) in [5.41, 5.74) is 1.05. The van der Waals surface area contributed by atoms with Crippen molar-refractivity contribution in [3.8, 4) is 0 Å². The van der Waals surface area contributed by atoms with Crippen molar-refractivity contribution >= 4 is 11.6 Å². The lowest BCUT2D eigenvalue weighted by molar-refractivity contribution is 0.454. The van der Waals surface area contributed by atoms with Crippen molar-refractivity contribution in [1.82, 2.24) is 20.3 Å². The van der Waals surface area contributed by atoms with Gasteiger partial charge in [0.25, 0.3) is 0 Å². The maximum absolute atomic E-state index is 4.64. The highest BCUT2D eigenvalue weighted by Gasteiger charge is 2.17. The van der Waals surface area contributed by atoms with E-state index in [1.165, 1.54) is 12.8 Å². The molecule has 3 heterocycles. The lowest BCUT2D eigenvalue weighted by Crippen LogP contribution is -2.29. The second-order valence-corrected chi connectivity index (χ2v) is 4.71. The van der Waals surface area contributed by atoms with Crippen molar-refractivity contribution in [3.63, 3.8) is 0 Å². The van der Waals surface area contributed by atoms with Crippen LogP contribution < -0.4 is 10.6 Å². The Balaban J connectivity index is 1.76. The largest absolute Gasteiger partial charge is 0.324 e. The van der Waals surface area contributed by atoms with E-state index in [-0.39, 0.29) is 0 Å². The minimum Gasteiger partial charge on any atom is -0.324 e. The van der Waals surface area contributed by atoms with Crippen LogP contribution in [0.2, 0.25) is 0 Å². The zero-order valence-corrected chi connectivity index (χ0v) is 10.7. The molecule has 1 aliphatic heterocycles. The Labute approximate surface area is 112 Å². The monoisotopic (exact) mass is 255 g/mol. The van der Waals surface area contributed by atoms with Crippen molar-refractivity contribution in [2.45, 2.75) is 18.8 Å². The lowest BCUT2D eigenvalue weighted by atomic mass is 9.96. The van der Waals surface area contributed by atoms with Gasteiger partial charge in [0.2, 0.25) is 0 Å². The number of piperidine rings is 1. The third-order valence-electron chi connectivity index (χ3n) is 3.29. The molecule has 0 amide bonds. The molecule has 2 N–H and O–H groups in total. The van der Waals surface area contributed by atoms with Crippen LogP contribution in [0.4, 0.5) is 11.6 Å². The molecule has 0 spiro atoms. The van der Waals surface area contributed by atoms with Crippen LogP contribution in [-0.2, 0) is 0 Å². The first-order valence-corrected chi connectivity index (χ1v) is 6.62. The van der Waals surface area contributed by atoms with Crippen LogP contribution in [-0.4, -0.2) is 28.0 Å². The molecule has 0 aromatic carbocycles. The number of anilines is 2. The first-order valence-electron chi connectivity index (χ1n) is 6.62. The van der Waals surface area contributed by atoms with E-state index < -0.39 is 0 Å². The predicted octanol–water partition coefficient (Wildman–Crippen LogP) is 2.08. The lowest BCUT2D eigenvalue weighted by Gasteiger charge is -2.22. The minimum absolute atomic E-state index is 0.465. The Morgan fingerprint density at radius 2 is 2.21 bits per heavy atom. The van der Waals surface area contributed by atoms with Gasteiger partial charge in [-0.15, -0.1) is 0 Å². The standard InChI is InChI=1S/C14H17N5/c1-2-7-17-13(5-1)19-14-10-16-9-12(18-14)11-4-3-6-15-8-11/h1-2,5,7,9-11,15H,3-4,6,8H2,(H,17,18,19). The van der Waals surface area contributed by atoms with Crippen molar-refractivity contribution in [3.05, 3.63) is 42.5 Å². The molecular weight excluding hydrogens is 238 g/mol. The molecule has 1 fully saturated rings. The van der Waals surface area contributed by atoms with Gasteiger partial charge in [-0.2, -0.15) is 0 Å². The number of aromatic nitrogens is 3. The second-order valence-electron chi connectivity index (χ2n) is 4.71. The van der Waals surface area contributed by atoms with Gasteiger partial charge in [-0.25, -0.2) is 9.97 Å². The molecule has 5 nitrogen and oxygen atoms in total. The predicted molar refractivity (Wildman–Crippen MR) is 74.4 cm³/mol. The molecule has 1 unspecified atom stereocenters. The molecule has 0 saturated carbocycles. The fourth-order valence-corrected chi connectivity index (χ4v) is 2.31. The minimum atomic E-state index is 0.465. The van der Waals surface area contributed by atoms with E-state index in [1.54, 1.807) is 12.4 Å². The van der Waals surface area contributed by atoms with E-state index in [9.17, 15) is 0 Å². The number of rotatable bonds is 3. The summed E-state index contributed by atoms with van der Waals surface area (Å²) in [6.45, 7) is 2.09. The van der Waals surface area contributed by atoms with Crippen molar-refractivity contribution in [1.29, 1.82) is 0 Å². The number of hydrogen-bond acceptors (Lipinski definition) is 5. The van der Waals surface area contributed by atoms with E-state index in [1.807, 2.05) is 24.4 Å². The molecule has 0 bridgehead atoms. The first kappa shape index (κ1) is 12.0. The summed E-state index contributed by atoms with van der Waals surface area (Å²) < 4.78 is 0. The molecule has 2 aromatic heterocycles. The maximum Gasteiger partial charge on any atom is 0.150 e. The van der Waals surface area contributed by atoms with Crippen LogP contribution in [0.1, 0.15) is 24.5 Å². The Kier molecular flexibility index (Phi) is 3.65. The molecule has 0 radical (unpaired) electrons. The van der Waals surface area contributed by atoms with Crippen molar-refractivity contribution in [2.24, 2.45) is 0 Å². The van der Waals surface area contributed by atoms with E-state index in [2.05, 4.69) is 25.6 Å². The van der Waals surface area contributed by atoms with E-state index in [0.29, 0.717) is 5.92 Å². The quantitative estimate of drug-likeness (QED) is 0.879. The van der Waals surface area contributed by atoms with Crippen LogP contribution >= 0.6 is 0 Å². The van der Waals surface area contributed by atoms with Gasteiger partial charge in [-0.3, -0.25) is 4.98 Å². The number of nitrogens with one attached hydrogen (secondary N) is 2. The average Bonchev–Trinajstić information content (AvgIpc) is 2.49. The molecule has 0 aliphatic carbocycles. The maximum atomic E-state index is 4.64. The molecule has 5 heteroatoms. The van der Waals surface area contributed by atoms with Gasteiger partial charge in [0.05, 0.1) is 11.9 Å². The fraction of sp³-hybridized carbons (Fsp3) is 0.357. The molecule has 1 saturated heterocycles. The van der Waals surface area contributed by atoms with Gasteiger partial charge in [0, 0.05) is 24.9 Å². The summed E-state index contributed by atoms with van der Waals surface area (Å²) in [4.78, 5) is 13.1. The van der Waals surface area contributed by atoms with Gasteiger partial charge < -0.3 is 10.6 Å². The summed E-state index contributed by atoms with van der Waals surface area (Å²) in [5, 5.41) is 6.58. The van der Waals surface area contributed by atoms with Crippen LogP contribution in [0.3, 0.4) is 0 Å². The summed E-state index contributed by atoms with van der Waals surface area (Å²) in [7, 11) is 0. The fourth-order valence-electron chi connectivity index (χ4n) is 2.31. The van der Waals surface area contributed by atoms with Crippen LogP contribution in [0.5, 0.6) is 0 Å². The van der Waals surface area contributed by atoms with Crippen molar-refractivity contribution in [2.75, 3.05) is 18.4 Å². The number of pyridine rings is 1. The zero-order chi connectivity index (χ0) is 12.9. The Morgan fingerprint density at radius 1 is 1.21 bits per heavy atom. The van der Waals surface area contributed by atoms with Crippen LogP contribution in [0, 0.1) is 0 Å². The molecule has 3 rings (SSSR count). The highest BCUT2D eigenvalue weighted by molar-refractivity contribution is 5.50. The Bertz CT molecular complexity index is 522. The molecule has 19 heavy (non-hydrogen) atoms. The van der Waals surface area contributed by atoms with E-state index in [0.717, 1.165) is 30.4 Å². The highest BCUT2D eigenvalue weighted by Crippen LogP contribution is 2.22. The summed E-state index contributed by atoms with van der Waals surface area (Å²) in [6.07, 6.45) is 7.72. The second kappa shape index (κ2) is 5.75. The van der Waals surface area contributed by atoms with Gasteiger partial charge in [-0.05, 0) is 31.5 Å². The smallest absolute Gasteiger partial charge is 0.150 e. The number of hydrogen-bond donors (Lipinski definition) is 2. The Morgan fingerprint density at radius 3 is 3.00 bits per heavy atom. The highest BCUT2D eigenvalue weighted by atomic mass is 15.1. The summed E-state index contributed by atoms with van der Waals surface area (Å²) in [5.74, 6) is 2.00. The molecule has 1 aliphatic rings. The topological polar surface area (TPSA) is 62.7 Å². The normalized spacial score (nSPS) is 19.1. The summed E-state index contributed by atoms with van der Waals surface area (Å²) in [6, 6.07) is 5.75. The van der Waals surface area contributed by atoms with Gasteiger partial charge in [0.1, 0.15) is 11.6 Å². The third kappa shape index (κ3) is 3.06. The van der Waals surface area contributed by atoms with Gasteiger partial charge in [-0.1, -0.05) is 6.07 Å². The van der Waals surface area contributed by atoms with E-state index in [4.69, 9.17) is 0 Å². The Hall–Kier alpha value is -2.01.